The molecule has 0 N–H and O–H groups in total. The zero-order chi connectivity index (χ0) is 35.3. The number of rotatable bonds is 12. The first-order valence-corrected chi connectivity index (χ1v) is 19.0. The van der Waals surface area contributed by atoms with Crippen molar-refractivity contribution in [3.8, 4) is 11.8 Å². The van der Waals surface area contributed by atoms with Crippen molar-refractivity contribution in [2.75, 3.05) is 26.2 Å². The van der Waals surface area contributed by atoms with Gasteiger partial charge in [-0.3, -0.25) is 9.80 Å². The summed E-state index contributed by atoms with van der Waals surface area (Å²) in [4.78, 5) is 5.04. The summed E-state index contributed by atoms with van der Waals surface area (Å²) in [5.41, 5.74) is 2.33. The Morgan fingerprint density at radius 2 is 0.942 bits per heavy atom. The number of benzene rings is 5. The van der Waals surface area contributed by atoms with Crippen LogP contribution in [-0.4, -0.2) is 58.3 Å². The van der Waals surface area contributed by atoms with Crippen molar-refractivity contribution in [1.82, 2.24) is 20.0 Å². The van der Waals surface area contributed by atoms with Crippen LogP contribution in [0.4, 0.5) is 0 Å². The molecule has 5 aromatic carbocycles. The molecule has 6 nitrogen and oxygen atoms in total. The molecule has 0 aliphatic carbocycles. The molecule has 0 amide bonds. The van der Waals surface area contributed by atoms with Gasteiger partial charge >= 0.3 is 0 Å². The molecule has 3 heterocycles. The molecule has 264 valence electrons. The standard InChI is InChI=1S/C46H48N4O2/c1-3-29-49-31-13-11-27-41(49)43(37-25-15-19-33-17-5-7-21-35(33)37)51-45-39-23-9-10-24-40(39)46(48-47-45)52-44(42-28-12-14-32-50(42)30-4-2)38-26-16-20-34-18-6-8-22-36(34)38/h3-10,15-26,41-44H,1-2,11-14,27-32H2/t41-,42-,43-,44-/m1/s1. The largest absolute Gasteiger partial charge is 0.466 e. The summed E-state index contributed by atoms with van der Waals surface area (Å²) < 4.78 is 14.4. The second-order valence-electron chi connectivity index (χ2n) is 14.3. The van der Waals surface area contributed by atoms with Gasteiger partial charge in [0.25, 0.3) is 0 Å². The summed E-state index contributed by atoms with van der Waals surface area (Å²) in [6.45, 7) is 11.8. The van der Waals surface area contributed by atoms with E-state index in [9.17, 15) is 0 Å². The molecular formula is C46H48N4O2. The summed E-state index contributed by atoms with van der Waals surface area (Å²) >= 11 is 0. The Hall–Kier alpha value is -5.04. The molecule has 0 bridgehead atoms. The number of ether oxygens (including phenoxy) is 2. The molecular weight excluding hydrogens is 641 g/mol. The lowest BCUT2D eigenvalue weighted by Gasteiger charge is -2.40. The Morgan fingerprint density at radius 1 is 0.538 bits per heavy atom. The van der Waals surface area contributed by atoms with Crippen LogP contribution in [0.15, 0.2) is 135 Å². The van der Waals surface area contributed by atoms with E-state index in [0.29, 0.717) is 11.8 Å². The fourth-order valence-corrected chi connectivity index (χ4v) is 8.67. The lowest BCUT2D eigenvalue weighted by atomic mass is 9.90. The SMILES string of the molecule is C=CCN1CCCC[C@@H]1[C@H](Oc1nnc(O[C@H](c2cccc3ccccc23)[C@H]2CCCCN2CC=C)c2ccccc12)c1cccc2ccccc12. The lowest BCUT2D eigenvalue weighted by Crippen LogP contribution is -2.45. The van der Waals surface area contributed by atoms with Crippen LogP contribution in [0.25, 0.3) is 32.3 Å². The third-order valence-corrected chi connectivity index (χ3v) is 11.1. The zero-order valence-electron chi connectivity index (χ0n) is 29.9. The number of hydrogen-bond acceptors (Lipinski definition) is 6. The first-order chi connectivity index (χ1) is 25.7. The monoisotopic (exact) mass is 688 g/mol. The molecule has 2 aliphatic heterocycles. The first-order valence-electron chi connectivity index (χ1n) is 19.0. The van der Waals surface area contributed by atoms with E-state index in [1.54, 1.807) is 0 Å². The lowest BCUT2D eigenvalue weighted by molar-refractivity contribution is 0.0423. The number of nitrogens with zero attached hydrogens (tertiary/aromatic N) is 4. The van der Waals surface area contributed by atoms with Crippen LogP contribution in [0, 0.1) is 0 Å². The second-order valence-corrected chi connectivity index (χ2v) is 14.3. The van der Waals surface area contributed by atoms with Gasteiger partial charge in [0, 0.05) is 24.2 Å². The van der Waals surface area contributed by atoms with Gasteiger partial charge in [0.15, 0.2) is 0 Å². The van der Waals surface area contributed by atoms with Crippen molar-refractivity contribution < 1.29 is 9.47 Å². The third-order valence-electron chi connectivity index (χ3n) is 11.1. The number of fused-ring (bicyclic) bond motifs is 3. The van der Waals surface area contributed by atoms with E-state index in [1.165, 1.54) is 45.5 Å². The van der Waals surface area contributed by atoms with Gasteiger partial charge in [-0.25, -0.2) is 0 Å². The predicted octanol–water partition coefficient (Wildman–Crippen LogP) is 10.3. The van der Waals surface area contributed by atoms with Gasteiger partial charge in [0.05, 0.1) is 22.9 Å². The van der Waals surface area contributed by atoms with Crippen molar-refractivity contribution in [1.29, 1.82) is 0 Å². The van der Waals surface area contributed by atoms with Crippen molar-refractivity contribution in [2.24, 2.45) is 0 Å². The number of hydrogen-bond donors (Lipinski definition) is 0. The van der Waals surface area contributed by atoms with E-state index >= 15 is 0 Å². The van der Waals surface area contributed by atoms with Crippen molar-refractivity contribution in [3.63, 3.8) is 0 Å². The molecule has 52 heavy (non-hydrogen) atoms. The minimum absolute atomic E-state index is 0.159. The second kappa shape index (κ2) is 15.7. The van der Waals surface area contributed by atoms with Crippen molar-refractivity contribution >= 4 is 32.3 Å². The first kappa shape index (κ1) is 34.1. The fourth-order valence-electron chi connectivity index (χ4n) is 8.67. The van der Waals surface area contributed by atoms with Crippen LogP contribution in [-0.2, 0) is 0 Å². The van der Waals surface area contributed by atoms with Gasteiger partial charge in [0.2, 0.25) is 11.8 Å². The number of aromatic nitrogens is 2. The topological polar surface area (TPSA) is 50.7 Å². The minimum atomic E-state index is -0.256. The molecule has 6 aromatic rings. The normalized spacial score (nSPS) is 19.7. The van der Waals surface area contributed by atoms with Gasteiger partial charge in [-0.05, 0) is 72.5 Å². The maximum atomic E-state index is 7.18. The molecule has 1 aromatic heterocycles. The average Bonchev–Trinajstić information content (AvgIpc) is 3.20. The van der Waals surface area contributed by atoms with Crippen LogP contribution in [0.3, 0.4) is 0 Å². The number of piperidine rings is 2. The van der Waals surface area contributed by atoms with Gasteiger partial charge in [0.1, 0.15) is 12.2 Å². The van der Waals surface area contributed by atoms with Crippen LogP contribution in [0.2, 0.25) is 0 Å². The van der Waals surface area contributed by atoms with E-state index < -0.39 is 0 Å². The Kier molecular flexibility index (Phi) is 10.3. The summed E-state index contributed by atoms with van der Waals surface area (Å²) in [5.74, 6) is 1.05. The summed E-state index contributed by atoms with van der Waals surface area (Å²) in [6.07, 6.45) is 10.2. The summed E-state index contributed by atoms with van der Waals surface area (Å²) in [6, 6.07) is 38.8. The fraction of sp³-hybridized carbons (Fsp3) is 0.304. The van der Waals surface area contributed by atoms with Crippen molar-refractivity contribution in [2.45, 2.75) is 62.8 Å². The van der Waals surface area contributed by atoms with Crippen LogP contribution < -0.4 is 9.47 Å². The Labute approximate surface area is 307 Å². The minimum Gasteiger partial charge on any atom is -0.466 e. The zero-order valence-corrected chi connectivity index (χ0v) is 29.9. The van der Waals surface area contributed by atoms with Gasteiger partial charge in [-0.15, -0.1) is 23.4 Å². The molecule has 2 aliphatic rings. The predicted molar refractivity (Wildman–Crippen MR) is 213 cm³/mol. The number of likely N-dealkylation sites (tertiary alicyclic amines) is 2. The van der Waals surface area contributed by atoms with Crippen LogP contribution in [0.5, 0.6) is 11.8 Å². The highest BCUT2D eigenvalue weighted by Gasteiger charge is 2.36. The molecule has 0 radical (unpaired) electrons. The van der Waals surface area contributed by atoms with Gasteiger partial charge in [-0.2, -0.15) is 0 Å². The molecule has 2 fully saturated rings. The molecule has 6 heteroatoms. The smallest absolute Gasteiger partial charge is 0.242 e. The third kappa shape index (κ3) is 6.81. The molecule has 2 saturated heterocycles. The van der Waals surface area contributed by atoms with E-state index in [0.717, 1.165) is 62.6 Å². The molecule has 4 atom stereocenters. The maximum Gasteiger partial charge on any atom is 0.242 e. The maximum absolute atomic E-state index is 7.18. The van der Waals surface area contributed by atoms with E-state index in [1.807, 2.05) is 24.3 Å². The highest BCUT2D eigenvalue weighted by molar-refractivity contribution is 5.91. The van der Waals surface area contributed by atoms with Crippen molar-refractivity contribution in [3.05, 3.63) is 146 Å². The highest BCUT2D eigenvalue weighted by atomic mass is 16.5. The van der Waals surface area contributed by atoms with Crippen LogP contribution in [0.1, 0.15) is 61.9 Å². The van der Waals surface area contributed by atoms with E-state index in [-0.39, 0.29) is 24.3 Å². The van der Waals surface area contributed by atoms with Gasteiger partial charge < -0.3 is 9.47 Å². The van der Waals surface area contributed by atoms with E-state index in [2.05, 4.69) is 120 Å². The molecule has 0 spiro atoms. The molecule has 0 saturated carbocycles. The summed E-state index contributed by atoms with van der Waals surface area (Å²) in [5, 5.41) is 16.3. The Bertz CT molecular complexity index is 2020. The quantitative estimate of drug-likeness (QED) is 0.119. The van der Waals surface area contributed by atoms with Crippen LogP contribution >= 0.6 is 0 Å². The Morgan fingerprint density at radius 3 is 1.38 bits per heavy atom. The highest BCUT2D eigenvalue weighted by Crippen LogP contribution is 2.41. The van der Waals surface area contributed by atoms with Gasteiger partial charge in [-0.1, -0.05) is 122 Å². The molecule has 0 unspecified atom stereocenters. The summed E-state index contributed by atoms with van der Waals surface area (Å²) in [7, 11) is 0. The van der Waals surface area contributed by atoms with E-state index in [4.69, 9.17) is 19.7 Å². The molecule has 8 rings (SSSR count). The Balaban J connectivity index is 1.22. The average molecular weight is 689 g/mol.